The van der Waals surface area contributed by atoms with Gasteiger partial charge < -0.3 is 9.47 Å². The van der Waals surface area contributed by atoms with Gasteiger partial charge in [0.1, 0.15) is 0 Å². The molecule has 0 saturated carbocycles. The van der Waals surface area contributed by atoms with E-state index in [1.807, 2.05) is 18.2 Å². The van der Waals surface area contributed by atoms with Gasteiger partial charge in [0.2, 0.25) is 0 Å². The van der Waals surface area contributed by atoms with Crippen molar-refractivity contribution < 1.29 is 9.47 Å². The van der Waals surface area contributed by atoms with Gasteiger partial charge in [-0.15, -0.1) is 0 Å². The first-order chi connectivity index (χ1) is 11.6. The maximum atomic E-state index is 6.25. The lowest BCUT2D eigenvalue weighted by Crippen LogP contribution is -2.15. The lowest BCUT2D eigenvalue weighted by molar-refractivity contribution is 0.360. The van der Waals surface area contributed by atoms with Crippen molar-refractivity contribution in [2.75, 3.05) is 0 Å². The Hall–Kier alpha value is -2.45. The molecule has 0 atom stereocenters. The fourth-order valence-corrected chi connectivity index (χ4v) is 4.02. The Bertz CT molecular complexity index is 1000. The van der Waals surface area contributed by atoms with Gasteiger partial charge in [-0.05, 0) is 34.9 Å². The third-order valence-corrected chi connectivity index (χ3v) is 5.32. The van der Waals surface area contributed by atoms with E-state index in [2.05, 4.69) is 44.2 Å². The van der Waals surface area contributed by atoms with Crippen LogP contribution in [0, 0.1) is 0 Å². The van der Waals surface area contributed by atoms with E-state index in [1.165, 1.54) is 16.7 Å². The molecule has 0 amide bonds. The van der Waals surface area contributed by atoms with Crippen LogP contribution in [-0.4, -0.2) is 0 Å². The molecule has 0 unspecified atom stereocenters. The number of fused-ring (bicyclic) bond motifs is 6. The van der Waals surface area contributed by atoms with Crippen LogP contribution in [-0.2, 0) is 5.41 Å². The standard InChI is InChI=1S/C21H15ClO2/c1-21(2)13-7-4-3-6-12(13)18-14(21)10-11-17-20(18)24-16-9-5-8-15(22)19(16)23-17/h3-11H,1-2H3. The highest BCUT2D eigenvalue weighted by molar-refractivity contribution is 6.32. The zero-order valence-electron chi connectivity index (χ0n) is 13.4. The Labute approximate surface area is 145 Å². The van der Waals surface area contributed by atoms with Gasteiger partial charge in [0.15, 0.2) is 23.0 Å². The molecule has 0 fully saturated rings. The quantitative estimate of drug-likeness (QED) is 0.363. The van der Waals surface area contributed by atoms with Gasteiger partial charge >= 0.3 is 0 Å². The van der Waals surface area contributed by atoms with Gasteiger partial charge in [-0.1, -0.05) is 61.8 Å². The van der Waals surface area contributed by atoms with Crippen LogP contribution in [0.1, 0.15) is 25.0 Å². The first-order valence-electron chi connectivity index (χ1n) is 7.99. The van der Waals surface area contributed by atoms with Crippen LogP contribution in [0.2, 0.25) is 5.02 Å². The van der Waals surface area contributed by atoms with Crippen molar-refractivity contribution in [1.29, 1.82) is 0 Å². The third-order valence-electron chi connectivity index (χ3n) is 5.02. The number of hydrogen-bond donors (Lipinski definition) is 0. The van der Waals surface area contributed by atoms with E-state index in [0.29, 0.717) is 22.3 Å². The fraction of sp³-hybridized carbons (Fsp3) is 0.143. The molecular weight excluding hydrogens is 320 g/mol. The molecule has 3 aromatic carbocycles. The van der Waals surface area contributed by atoms with Crippen molar-refractivity contribution in [2.45, 2.75) is 19.3 Å². The van der Waals surface area contributed by atoms with Crippen molar-refractivity contribution in [1.82, 2.24) is 0 Å². The molecule has 2 nitrogen and oxygen atoms in total. The molecule has 3 aromatic rings. The van der Waals surface area contributed by atoms with Gasteiger partial charge in [-0.25, -0.2) is 0 Å². The average Bonchev–Trinajstić information content (AvgIpc) is 2.82. The highest BCUT2D eigenvalue weighted by atomic mass is 35.5. The predicted molar refractivity (Wildman–Crippen MR) is 95.6 cm³/mol. The molecule has 118 valence electrons. The normalized spacial score (nSPS) is 15.5. The summed E-state index contributed by atoms with van der Waals surface area (Å²) in [5.74, 6) is 2.73. The molecule has 1 aliphatic carbocycles. The topological polar surface area (TPSA) is 18.5 Å². The second-order valence-electron chi connectivity index (χ2n) is 6.76. The second kappa shape index (κ2) is 4.55. The highest BCUT2D eigenvalue weighted by Gasteiger charge is 2.39. The zero-order valence-corrected chi connectivity index (χ0v) is 14.1. The largest absolute Gasteiger partial charge is 0.449 e. The summed E-state index contributed by atoms with van der Waals surface area (Å²) in [5.41, 5.74) is 4.85. The number of benzene rings is 3. The second-order valence-corrected chi connectivity index (χ2v) is 7.16. The van der Waals surface area contributed by atoms with Crippen LogP contribution in [0.3, 0.4) is 0 Å². The van der Waals surface area contributed by atoms with Crippen molar-refractivity contribution in [2.24, 2.45) is 0 Å². The zero-order chi connectivity index (χ0) is 16.5. The Morgan fingerprint density at radius 3 is 2.38 bits per heavy atom. The number of hydrogen-bond acceptors (Lipinski definition) is 2. The van der Waals surface area contributed by atoms with Crippen molar-refractivity contribution >= 4 is 11.6 Å². The summed E-state index contributed by atoms with van der Waals surface area (Å²) in [5, 5.41) is 0.555. The van der Waals surface area contributed by atoms with Crippen LogP contribution in [0.5, 0.6) is 23.0 Å². The maximum Gasteiger partial charge on any atom is 0.188 e. The highest BCUT2D eigenvalue weighted by Crippen LogP contribution is 2.58. The first kappa shape index (κ1) is 13.9. The predicted octanol–water partition coefficient (Wildman–Crippen LogP) is 6.54. The summed E-state index contributed by atoms with van der Waals surface area (Å²) in [6.45, 7) is 4.50. The Morgan fingerprint density at radius 1 is 0.750 bits per heavy atom. The van der Waals surface area contributed by atoms with Crippen LogP contribution in [0.25, 0.3) is 11.1 Å². The Kier molecular flexibility index (Phi) is 2.64. The summed E-state index contributed by atoms with van der Waals surface area (Å²) in [6.07, 6.45) is 0. The van der Waals surface area contributed by atoms with Gasteiger partial charge in [0, 0.05) is 11.0 Å². The monoisotopic (exact) mass is 334 g/mol. The lowest BCUT2D eigenvalue weighted by Gasteiger charge is -2.25. The molecule has 1 aliphatic heterocycles. The molecule has 0 spiro atoms. The maximum absolute atomic E-state index is 6.25. The minimum Gasteiger partial charge on any atom is -0.449 e. The smallest absolute Gasteiger partial charge is 0.188 e. The van der Waals surface area contributed by atoms with Crippen LogP contribution < -0.4 is 9.47 Å². The minimum absolute atomic E-state index is 0.0566. The van der Waals surface area contributed by atoms with Crippen LogP contribution in [0.15, 0.2) is 54.6 Å². The number of para-hydroxylation sites is 1. The number of ether oxygens (including phenoxy) is 2. The van der Waals surface area contributed by atoms with E-state index in [9.17, 15) is 0 Å². The molecule has 0 radical (unpaired) electrons. The summed E-state index contributed by atoms with van der Waals surface area (Å²) in [6, 6.07) is 18.2. The van der Waals surface area contributed by atoms with Crippen LogP contribution in [0.4, 0.5) is 0 Å². The van der Waals surface area contributed by atoms with Gasteiger partial charge in [0.25, 0.3) is 0 Å². The molecule has 5 rings (SSSR count). The third kappa shape index (κ3) is 1.67. The van der Waals surface area contributed by atoms with E-state index in [1.54, 1.807) is 6.07 Å². The van der Waals surface area contributed by atoms with Crippen LogP contribution >= 0.6 is 11.6 Å². The van der Waals surface area contributed by atoms with Crippen molar-refractivity contribution in [3.63, 3.8) is 0 Å². The van der Waals surface area contributed by atoms with E-state index in [4.69, 9.17) is 21.1 Å². The fourth-order valence-electron chi connectivity index (χ4n) is 3.81. The lowest BCUT2D eigenvalue weighted by atomic mass is 9.82. The van der Waals surface area contributed by atoms with E-state index in [0.717, 1.165) is 11.3 Å². The van der Waals surface area contributed by atoms with E-state index < -0.39 is 0 Å². The Balaban J connectivity index is 1.79. The van der Waals surface area contributed by atoms with Gasteiger partial charge in [0.05, 0.1) is 5.02 Å². The Morgan fingerprint density at radius 2 is 1.50 bits per heavy atom. The molecule has 3 heteroatoms. The first-order valence-corrected chi connectivity index (χ1v) is 8.37. The van der Waals surface area contributed by atoms with E-state index >= 15 is 0 Å². The average molecular weight is 335 g/mol. The summed E-state index contributed by atoms with van der Waals surface area (Å²) < 4.78 is 12.3. The minimum atomic E-state index is -0.0566. The summed E-state index contributed by atoms with van der Waals surface area (Å²) in [4.78, 5) is 0. The molecule has 1 heterocycles. The molecule has 0 saturated heterocycles. The number of halogens is 1. The molecule has 0 aromatic heterocycles. The van der Waals surface area contributed by atoms with Gasteiger partial charge in [-0.3, -0.25) is 0 Å². The molecule has 0 N–H and O–H groups in total. The van der Waals surface area contributed by atoms with Crippen molar-refractivity contribution in [3.8, 4) is 34.1 Å². The molecule has 0 bridgehead atoms. The molecule has 24 heavy (non-hydrogen) atoms. The summed E-state index contributed by atoms with van der Waals surface area (Å²) >= 11 is 6.25. The van der Waals surface area contributed by atoms with Crippen molar-refractivity contribution in [3.05, 3.63) is 70.7 Å². The van der Waals surface area contributed by atoms with E-state index in [-0.39, 0.29) is 5.41 Å². The SMILES string of the molecule is CC1(C)c2ccccc2-c2c1ccc1c2Oc2cccc(Cl)c2O1. The number of rotatable bonds is 0. The van der Waals surface area contributed by atoms with Gasteiger partial charge in [-0.2, -0.15) is 0 Å². The molecule has 2 aliphatic rings. The summed E-state index contributed by atoms with van der Waals surface area (Å²) in [7, 11) is 0. The molecular formula is C21H15ClO2.